The van der Waals surface area contributed by atoms with E-state index in [0.29, 0.717) is 12.1 Å². The van der Waals surface area contributed by atoms with Crippen LogP contribution < -0.4 is 4.72 Å². The molecule has 0 unspecified atom stereocenters. The number of sulfonamides is 1. The Hall–Kier alpha value is -2.54. The van der Waals surface area contributed by atoms with Gasteiger partial charge in [-0.15, -0.1) is 0 Å². The van der Waals surface area contributed by atoms with Gasteiger partial charge >= 0.3 is 5.97 Å². The van der Waals surface area contributed by atoms with Gasteiger partial charge in [0.25, 0.3) is 10.0 Å². The number of hydrogen-bond acceptors (Lipinski definition) is 4. The number of rotatable bonds is 5. The van der Waals surface area contributed by atoms with Crippen molar-refractivity contribution in [3.8, 4) is 5.75 Å². The van der Waals surface area contributed by atoms with Crippen molar-refractivity contribution in [2.75, 3.05) is 4.72 Å². The van der Waals surface area contributed by atoms with E-state index in [2.05, 4.69) is 4.72 Å². The van der Waals surface area contributed by atoms with Crippen molar-refractivity contribution in [2.24, 2.45) is 11.8 Å². The summed E-state index contributed by atoms with van der Waals surface area (Å²) < 4.78 is 27.2. The van der Waals surface area contributed by atoms with Gasteiger partial charge in [-0.05, 0) is 73.8 Å². The SMILES string of the molecule is C1CC2CCC12.CCc1ccccc1NS(=O)(=O)c1ccc(O)c(C(=O)O)c1. The summed E-state index contributed by atoms with van der Waals surface area (Å²) in [6, 6.07) is 10.1. The van der Waals surface area contributed by atoms with E-state index in [-0.39, 0.29) is 4.90 Å². The van der Waals surface area contributed by atoms with Crippen molar-refractivity contribution < 1.29 is 23.4 Å². The van der Waals surface area contributed by atoms with Crippen LogP contribution in [0.3, 0.4) is 0 Å². The molecule has 0 atom stereocenters. The lowest BCUT2D eigenvalue weighted by Crippen LogP contribution is -2.34. The standard InChI is InChI=1S/C15H15NO5S.C6H10/c1-2-10-5-3-4-6-13(10)16-22(20,21)11-7-8-14(17)12(9-11)15(18)19;1-2-6-4-3-5(1)6/h3-9,16-17H,2H2,1H3,(H,18,19);5-6H,1-4H2. The summed E-state index contributed by atoms with van der Waals surface area (Å²) in [7, 11) is -3.94. The van der Waals surface area contributed by atoms with E-state index in [1.165, 1.54) is 11.8 Å². The van der Waals surface area contributed by atoms with Crippen molar-refractivity contribution in [3.63, 3.8) is 0 Å². The molecule has 0 saturated heterocycles. The molecule has 0 amide bonds. The maximum atomic E-state index is 12.4. The molecule has 2 aliphatic carbocycles. The summed E-state index contributed by atoms with van der Waals surface area (Å²) in [5.74, 6) is 0.541. The van der Waals surface area contributed by atoms with Gasteiger partial charge in [0, 0.05) is 0 Å². The number of carboxylic acid groups (broad SMARTS) is 1. The van der Waals surface area contributed by atoms with Gasteiger partial charge < -0.3 is 10.2 Å². The van der Waals surface area contributed by atoms with Crippen LogP contribution in [0.1, 0.15) is 48.5 Å². The Labute approximate surface area is 165 Å². The lowest BCUT2D eigenvalue weighted by molar-refractivity contribution is 0.0548. The first-order valence-corrected chi connectivity index (χ1v) is 11.0. The number of hydrogen-bond donors (Lipinski definition) is 3. The lowest BCUT2D eigenvalue weighted by atomic mass is 9.60. The number of nitrogens with one attached hydrogen (secondary N) is 1. The Morgan fingerprint density at radius 3 is 2.18 bits per heavy atom. The molecule has 2 saturated carbocycles. The monoisotopic (exact) mass is 403 g/mol. The largest absolute Gasteiger partial charge is 0.507 e. The molecule has 150 valence electrons. The van der Waals surface area contributed by atoms with E-state index in [9.17, 15) is 18.3 Å². The van der Waals surface area contributed by atoms with Crippen molar-refractivity contribution in [1.82, 2.24) is 0 Å². The zero-order valence-electron chi connectivity index (χ0n) is 15.8. The van der Waals surface area contributed by atoms with Crippen LogP contribution >= 0.6 is 0 Å². The first-order valence-electron chi connectivity index (χ1n) is 9.49. The van der Waals surface area contributed by atoms with Gasteiger partial charge in [-0.2, -0.15) is 0 Å². The van der Waals surface area contributed by atoms with Gasteiger partial charge in [0.2, 0.25) is 0 Å². The molecule has 0 aliphatic heterocycles. The normalized spacial score (nSPS) is 19.9. The molecule has 6 nitrogen and oxygen atoms in total. The van der Waals surface area contributed by atoms with Gasteiger partial charge in [-0.3, -0.25) is 4.72 Å². The van der Waals surface area contributed by atoms with Crippen LogP contribution in [0.2, 0.25) is 0 Å². The highest BCUT2D eigenvalue weighted by atomic mass is 32.2. The fraction of sp³-hybridized carbons (Fsp3) is 0.381. The van der Waals surface area contributed by atoms with Crippen molar-refractivity contribution in [3.05, 3.63) is 53.6 Å². The molecule has 2 aromatic rings. The second kappa shape index (κ2) is 8.22. The summed E-state index contributed by atoms with van der Waals surface area (Å²) in [5.41, 5.74) is 0.796. The van der Waals surface area contributed by atoms with Gasteiger partial charge in [-0.25, -0.2) is 13.2 Å². The number of anilines is 1. The van der Waals surface area contributed by atoms with Crippen LogP contribution in [0.15, 0.2) is 47.4 Å². The molecule has 0 aromatic heterocycles. The molecule has 2 aliphatic rings. The molecule has 7 heteroatoms. The number of para-hydroxylation sites is 1. The zero-order chi connectivity index (χ0) is 20.3. The first-order chi connectivity index (χ1) is 13.3. The number of carbonyl (C=O) groups is 1. The lowest BCUT2D eigenvalue weighted by Gasteiger charge is -2.46. The predicted octanol–water partition coefficient (Wildman–Crippen LogP) is 4.26. The predicted molar refractivity (Wildman–Crippen MR) is 107 cm³/mol. The third-order valence-electron chi connectivity index (χ3n) is 5.63. The molecule has 4 rings (SSSR count). The molecular formula is C21H25NO5S. The second-order valence-corrected chi connectivity index (χ2v) is 8.96. The minimum atomic E-state index is -3.94. The van der Waals surface area contributed by atoms with E-state index in [1.807, 2.05) is 6.92 Å². The Morgan fingerprint density at radius 1 is 1.07 bits per heavy atom. The van der Waals surface area contributed by atoms with Crippen molar-refractivity contribution in [2.45, 2.75) is 43.9 Å². The maximum Gasteiger partial charge on any atom is 0.339 e. The number of benzene rings is 2. The smallest absolute Gasteiger partial charge is 0.339 e. The van der Waals surface area contributed by atoms with Gasteiger partial charge in [0.05, 0.1) is 10.6 Å². The van der Waals surface area contributed by atoms with Crippen LogP contribution in [0.25, 0.3) is 0 Å². The van der Waals surface area contributed by atoms with Crippen molar-refractivity contribution >= 4 is 21.7 Å². The number of phenols is 1. The number of carboxylic acids is 1. The summed E-state index contributed by atoms with van der Waals surface area (Å²) in [6.07, 6.45) is 6.89. The van der Waals surface area contributed by atoms with Gasteiger partial charge in [0.15, 0.2) is 0 Å². The highest BCUT2D eigenvalue weighted by Gasteiger charge is 2.37. The summed E-state index contributed by atoms with van der Waals surface area (Å²) >= 11 is 0. The van der Waals surface area contributed by atoms with E-state index >= 15 is 0 Å². The Bertz CT molecular complexity index is 953. The van der Waals surface area contributed by atoms with Gasteiger partial charge in [0.1, 0.15) is 11.3 Å². The summed E-state index contributed by atoms with van der Waals surface area (Å²) in [6.45, 7) is 1.90. The zero-order valence-corrected chi connectivity index (χ0v) is 16.6. The first kappa shape index (κ1) is 20.2. The average molecular weight is 404 g/mol. The number of fused-ring (bicyclic) bond motifs is 1. The van der Waals surface area contributed by atoms with E-state index in [4.69, 9.17) is 5.11 Å². The molecule has 28 heavy (non-hydrogen) atoms. The molecule has 2 aromatic carbocycles. The third-order valence-corrected chi connectivity index (χ3v) is 7.00. The molecule has 0 bridgehead atoms. The maximum absolute atomic E-state index is 12.4. The highest BCUT2D eigenvalue weighted by Crippen LogP contribution is 2.49. The van der Waals surface area contributed by atoms with Crippen molar-refractivity contribution in [1.29, 1.82) is 0 Å². The van der Waals surface area contributed by atoms with Gasteiger partial charge in [-0.1, -0.05) is 25.1 Å². The molecule has 3 N–H and O–H groups in total. The number of aromatic hydroxyl groups is 1. The van der Waals surface area contributed by atoms with Crippen LogP contribution in [-0.2, 0) is 16.4 Å². The molecule has 0 radical (unpaired) electrons. The Kier molecular flexibility index (Phi) is 5.93. The summed E-state index contributed by atoms with van der Waals surface area (Å²) in [5, 5.41) is 18.4. The van der Waals surface area contributed by atoms with E-state index in [0.717, 1.165) is 23.8 Å². The quantitative estimate of drug-likeness (QED) is 0.692. The van der Waals surface area contributed by atoms with Crippen LogP contribution in [0, 0.1) is 11.8 Å². The topological polar surface area (TPSA) is 104 Å². The minimum Gasteiger partial charge on any atom is -0.507 e. The van der Waals surface area contributed by atoms with E-state index < -0.39 is 27.3 Å². The fourth-order valence-electron chi connectivity index (χ4n) is 3.55. The highest BCUT2D eigenvalue weighted by molar-refractivity contribution is 7.92. The fourth-order valence-corrected chi connectivity index (χ4v) is 4.68. The molecule has 0 spiro atoms. The summed E-state index contributed by atoms with van der Waals surface area (Å²) in [4.78, 5) is 10.8. The number of aromatic carboxylic acids is 1. The van der Waals surface area contributed by atoms with Crippen LogP contribution in [-0.4, -0.2) is 24.6 Å². The van der Waals surface area contributed by atoms with E-state index in [1.54, 1.807) is 49.9 Å². The minimum absolute atomic E-state index is 0.228. The van der Waals surface area contributed by atoms with Crippen LogP contribution in [0.4, 0.5) is 5.69 Å². The number of aryl methyl sites for hydroxylation is 1. The second-order valence-electron chi connectivity index (χ2n) is 7.28. The molecular weight excluding hydrogens is 378 g/mol. The Morgan fingerprint density at radius 2 is 1.68 bits per heavy atom. The molecule has 2 fully saturated rings. The Balaban J connectivity index is 0.000000311. The average Bonchev–Trinajstić information content (AvgIpc) is 2.65. The third kappa shape index (κ3) is 4.30. The van der Waals surface area contributed by atoms with Crippen LogP contribution in [0.5, 0.6) is 5.75 Å². The molecule has 0 heterocycles.